The van der Waals surface area contributed by atoms with E-state index in [0.29, 0.717) is 19.6 Å². The van der Waals surface area contributed by atoms with Crippen LogP contribution >= 0.6 is 0 Å². The predicted molar refractivity (Wildman–Crippen MR) is 93.4 cm³/mol. The summed E-state index contributed by atoms with van der Waals surface area (Å²) in [6, 6.07) is 10.3. The Kier molecular flexibility index (Phi) is 6.73. The highest BCUT2D eigenvalue weighted by Crippen LogP contribution is 2.20. The number of amides is 2. The van der Waals surface area contributed by atoms with Crippen LogP contribution in [0, 0.1) is 5.82 Å². The highest BCUT2D eigenvalue weighted by molar-refractivity contribution is 5.74. The van der Waals surface area contributed by atoms with E-state index < -0.39 is 0 Å². The van der Waals surface area contributed by atoms with Gasteiger partial charge in [0.25, 0.3) is 0 Å². The maximum absolute atomic E-state index is 13.2. The lowest BCUT2D eigenvalue weighted by Crippen LogP contribution is -2.41. The van der Waals surface area contributed by atoms with Gasteiger partial charge in [-0.05, 0) is 49.6 Å². The topological polar surface area (TPSA) is 45.2 Å². The molecule has 1 heterocycles. The molecule has 0 aliphatic heterocycles. The number of carbonyl (C=O) groups is 1. The molecular formula is C19H24FN3O. The van der Waals surface area contributed by atoms with E-state index in [2.05, 4.69) is 10.3 Å². The third-order valence-corrected chi connectivity index (χ3v) is 4.10. The Morgan fingerprint density at radius 1 is 1.21 bits per heavy atom. The molecule has 0 aliphatic rings. The molecule has 1 aromatic carbocycles. The van der Waals surface area contributed by atoms with Gasteiger partial charge in [0.2, 0.25) is 0 Å². The fraction of sp³-hybridized carbons (Fsp3) is 0.368. The number of urea groups is 1. The molecule has 1 atom stereocenters. The van der Waals surface area contributed by atoms with Crippen LogP contribution in [0.3, 0.4) is 0 Å². The molecule has 2 amide bonds. The van der Waals surface area contributed by atoms with E-state index in [1.54, 1.807) is 23.2 Å². The van der Waals surface area contributed by atoms with Crippen molar-refractivity contribution < 1.29 is 9.18 Å². The zero-order valence-corrected chi connectivity index (χ0v) is 14.2. The molecule has 0 fully saturated rings. The molecule has 2 aromatic rings. The number of hydrogen-bond donors (Lipinski definition) is 1. The van der Waals surface area contributed by atoms with Gasteiger partial charge in [0.05, 0.1) is 0 Å². The number of benzene rings is 1. The van der Waals surface area contributed by atoms with Crippen LogP contribution in [0.4, 0.5) is 9.18 Å². The van der Waals surface area contributed by atoms with Crippen molar-refractivity contribution in [2.24, 2.45) is 0 Å². The molecule has 0 saturated heterocycles. The van der Waals surface area contributed by atoms with Crippen LogP contribution in [0.1, 0.15) is 30.9 Å². The van der Waals surface area contributed by atoms with Crippen molar-refractivity contribution in [1.29, 1.82) is 0 Å². The highest BCUT2D eigenvalue weighted by atomic mass is 19.1. The lowest BCUT2D eigenvalue weighted by molar-refractivity contribution is 0.202. The van der Waals surface area contributed by atoms with Gasteiger partial charge in [0, 0.05) is 37.9 Å². The van der Waals surface area contributed by atoms with Gasteiger partial charge in [-0.3, -0.25) is 4.98 Å². The van der Waals surface area contributed by atoms with Crippen LogP contribution in [-0.4, -0.2) is 35.5 Å². The molecule has 0 spiro atoms. The third-order valence-electron chi connectivity index (χ3n) is 4.10. The molecular weight excluding hydrogens is 305 g/mol. The standard InChI is InChI=1S/C19H24FN3O/c1-3-23(4-2)19(24)22-14-17(12-15-6-5-11-21-13-15)16-7-9-18(20)10-8-16/h5-11,13,17H,3-4,12,14H2,1-2H3,(H,22,24). The summed E-state index contributed by atoms with van der Waals surface area (Å²) in [6.45, 7) is 5.75. The number of nitrogens with zero attached hydrogens (tertiary/aromatic N) is 2. The van der Waals surface area contributed by atoms with E-state index in [4.69, 9.17) is 0 Å². The van der Waals surface area contributed by atoms with Crippen LogP contribution < -0.4 is 5.32 Å². The number of rotatable bonds is 7. The summed E-state index contributed by atoms with van der Waals surface area (Å²) >= 11 is 0. The maximum atomic E-state index is 13.2. The first-order valence-corrected chi connectivity index (χ1v) is 8.31. The monoisotopic (exact) mass is 329 g/mol. The fourth-order valence-corrected chi connectivity index (χ4v) is 2.68. The lowest BCUT2D eigenvalue weighted by atomic mass is 9.92. The Morgan fingerprint density at radius 3 is 2.50 bits per heavy atom. The Labute approximate surface area is 142 Å². The van der Waals surface area contributed by atoms with Crippen molar-refractivity contribution in [3.63, 3.8) is 0 Å². The second-order valence-corrected chi connectivity index (χ2v) is 5.67. The Hall–Kier alpha value is -2.43. The van der Waals surface area contributed by atoms with Crippen molar-refractivity contribution in [1.82, 2.24) is 15.2 Å². The fourth-order valence-electron chi connectivity index (χ4n) is 2.68. The summed E-state index contributed by atoms with van der Waals surface area (Å²) in [5.74, 6) is -0.194. The van der Waals surface area contributed by atoms with Crippen molar-refractivity contribution in [3.8, 4) is 0 Å². The summed E-state index contributed by atoms with van der Waals surface area (Å²) in [7, 11) is 0. The maximum Gasteiger partial charge on any atom is 0.317 e. The first-order valence-electron chi connectivity index (χ1n) is 8.31. The van der Waals surface area contributed by atoms with E-state index in [-0.39, 0.29) is 17.8 Å². The molecule has 0 bridgehead atoms. The summed E-state index contributed by atoms with van der Waals surface area (Å²) in [6.07, 6.45) is 4.29. The smallest absolute Gasteiger partial charge is 0.317 e. The van der Waals surface area contributed by atoms with Gasteiger partial charge >= 0.3 is 6.03 Å². The third kappa shape index (κ3) is 5.05. The lowest BCUT2D eigenvalue weighted by Gasteiger charge is -2.23. The van der Waals surface area contributed by atoms with Crippen LogP contribution in [0.25, 0.3) is 0 Å². The molecule has 4 nitrogen and oxygen atoms in total. The zero-order valence-electron chi connectivity index (χ0n) is 14.2. The molecule has 0 aliphatic carbocycles. The minimum atomic E-state index is -0.258. The van der Waals surface area contributed by atoms with Gasteiger partial charge in [0.15, 0.2) is 0 Å². The number of pyridine rings is 1. The van der Waals surface area contributed by atoms with Crippen molar-refractivity contribution in [2.45, 2.75) is 26.2 Å². The van der Waals surface area contributed by atoms with Crippen LogP contribution in [0.5, 0.6) is 0 Å². The van der Waals surface area contributed by atoms with E-state index in [1.807, 2.05) is 32.2 Å². The minimum absolute atomic E-state index is 0.0642. The largest absolute Gasteiger partial charge is 0.337 e. The second-order valence-electron chi connectivity index (χ2n) is 5.67. The van der Waals surface area contributed by atoms with Crippen LogP contribution in [0.2, 0.25) is 0 Å². The number of hydrogen-bond acceptors (Lipinski definition) is 2. The van der Waals surface area contributed by atoms with Crippen molar-refractivity contribution in [3.05, 3.63) is 65.7 Å². The molecule has 128 valence electrons. The molecule has 5 heteroatoms. The molecule has 1 N–H and O–H groups in total. The van der Waals surface area contributed by atoms with Gasteiger partial charge in [0.1, 0.15) is 5.82 Å². The van der Waals surface area contributed by atoms with E-state index in [1.165, 1.54) is 12.1 Å². The second kappa shape index (κ2) is 9.01. The van der Waals surface area contributed by atoms with Crippen LogP contribution in [0.15, 0.2) is 48.8 Å². The minimum Gasteiger partial charge on any atom is -0.337 e. The number of aromatic nitrogens is 1. The normalized spacial score (nSPS) is 11.8. The first-order chi connectivity index (χ1) is 11.6. The van der Waals surface area contributed by atoms with Gasteiger partial charge in [-0.2, -0.15) is 0 Å². The number of carbonyl (C=O) groups excluding carboxylic acids is 1. The highest BCUT2D eigenvalue weighted by Gasteiger charge is 2.16. The van der Waals surface area contributed by atoms with E-state index in [9.17, 15) is 9.18 Å². The Bertz CT molecular complexity index is 627. The molecule has 24 heavy (non-hydrogen) atoms. The summed E-state index contributed by atoms with van der Waals surface area (Å²) < 4.78 is 13.2. The molecule has 1 aromatic heterocycles. The predicted octanol–water partition coefficient (Wildman–Crippen LogP) is 3.60. The van der Waals surface area contributed by atoms with Crippen molar-refractivity contribution in [2.75, 3.05) is 19.6 Å². The Morgan fingerprint density at radius 2 is 1.92 bits per heavy atom. The summed E-state index contributed by atoms with van der Waals surface area (Å²) in [5.41, 5.74) is 2.09. The van der Waals surface area contributed by atoms with Crippen LogP contribution in [-0.2, 0) is 6.42 Å². The quantitative estimate of drug-likeness (QED) is 0.843. The molecule has 0 radical (unpaired) electrons. The average molecular weight is 329 g/mol. The number of halogens is 1. The zero-order chi connectivity index (χ0) is 17.4. The average Bonchev–Trinajstić information content (AvgIpc) is 2.61. The van der Waals surface area contributed by atoms with Gasteiger partial charge in [-0.1, -0.05) is 18.2 Å². The molecule has 1 unspecified atom stereocenters. The first kappa shape index (κ1) is 17.9. The Balaban J connectivity index is 2.10. The summed E-state index contributed by atoms with van der Waals surface area (Å²) in [4.78, 5) is 18.1. The van der Waals surface area contributed by atoms with Gasteiger partial charge < -0.3 is 10.2 Å². The van der Waals surface area contributed by atoms with Gasteiger partial charge in [-0.15, -0.1) is 0 Å². The summed E-state index contributed by atoms with van der Waals surface area (Å²) in [5, 5.41) is 2.99. The van der Waals surface area contributed by atoms with Crippen molar-refractivity contribution >= 4 is 6.03 Å². The van der Waals surface area contributed by atoms with E-state index in [0.717, 1.165) is 17.5 Å². The SMILES string of the molecule is CCN(CC)C(=O)NCC(Cc1cccnc1)c1ccc(F)cc1. The number of nitrogens with one attached hydrogen (secondary N) is 1. The van der Waals surface area contributed by atoms with Gasteiger partial charge in [-0.25, -0.2) is 9.18 Å². The molecule has 0 saturated carbocycles. The molecule has 2 rings (SSSR count). The van der Waals surface area contributed by atoms with E-state index >= 15 is 0 Å².